The van der Waals surface area contributed by atoms with Crippen molar-refractivity contribution in [2.24, 2.45) is 0 Å². The van der Waals surface area contributed by atoms with Gasteiger partial charge in [-0.25, -0.2) is 14.8 Å². The van der Waals surface area contributed by atoms with Crippen LogP contribution in [0.3, 0.4) is 0 Å². The van der Waals surface area contributed by atoms with Crippen molar-refractivity contribution >= 4 is 23.6 Å². The minimum Gasteiger partial charge on any atom is -0.478 e. The molecule has 0 saturated heterocycles. The number of carboxylic acids is 1. The fourth-order valence-electron chi connectivity index (χ4n) is 1.54. The number of nitrogens with zero attached hydrogens (tertiary/aromatic N) is 2. The quantitative estimate of drug-likeness (QED) is 0.615. The largest absolute Gasteiger partial charge is 0.478 e. The normalized spacial score (nSPS) is 10.7. The molecular formula is C13H19N3O3S. The summed E-state index contributed by atoms with van der Waals surface area (Å²) < 4.78 is 0. The maximum Gasteiger partial charge on any atom is 0.340 e. The fraction of sp³-hybridized carbons (Fsp3) is 0.538. The molecule has 0 unspecified atom stereocenters. The molecular weight excluding hydrogens is 278 g/mol. The Hall–Kier alpha value is -1.63. The van der Waals surface area contributed by atoms with Crippen molar-refractivity contribution in [1.29, 1.82) is 0 Å². The number of aryl methyl sites for hydroxylation is 1. The van der Waals surface area contributed by atoms with E-state index in [0.29, 0.717) is 28.7 Å². The monoisotopic (exact) mass is 297 g/mol. The molecule has 6 nitrogen and oxygen atoms in total. The van der Waals surface area contributed by atoms with Gasteiger partial charge in [-0.2, -0.15) is 0 Å². The molecule has 0 aromatic carbocycles. The number of carboxylic acid groups (broad SMARTS) is 1. The molecule has 1 aromatic rings. The van der Waals surface area contributed by atoms with Crippen LogP contribution in [0, 0.1) is 6.92 Å². The zero-order valence-corrected chi connectivity index (χ0v) is 12.9. The van der Waals surface area contributed by atoms with Gasteiger partial charge < -0.3 is 10.4 Å². The van der Waals surface area contributed by atoms with E-state index < -0.39 is 5.97 Å². The Morgan fingerprint density at radius 3 is 2.50 bits per heavy atom. The van der Waals surface area contributed by atoms with Crippen molar-refractivity contribution in [3.63, 3.8) is 0 Å². The van der Waals surface area contributed by atoms with Gasteiger partial charge in [-0.3, -0.25) is 4.79 Å². The average molecular weight is 297 g/mol. The van der Waals surface area contributed by atoms with Crippen LogP contribution in [0.1, 0.15) is 48.1 Å². The van der Waals surface area contributed by atoms with E-state index in [-0.39, 0.29) is 17.4 Å². The molecule has 1 amide bonds. The van der Waals surface area contributed by atoms with Gasteiger partial charge in [0.1, 0.15) is 16.4 Å². The molecule has 0 spiro atoms. The van der Waals surface area contributed by atoms with E-state index in [1.807, 2.05) is 13.8 Å². The van der Waals surface area contributed by atoms with Crippen molar-refractivity contribution in [3.8, 4) is 0 Å². The lowest BCUT2D eigenvalue weighted by Gasteiger charge is -2.11. The lowest BCUT2D eigenvalue weighted by Crippen LogP contribution is -2.18. The van der Waals surface area contributed by atoms with Crippen LogP contribution >= 0.6 is 11.8 Å². The molecule has 0 atom stereocenters. The second-order valence-electron chi connectivity index (χ2n) is 4.58. The van der Waals surface area contributed by atoms with Crippen LogP contribution in [0.4, 0.5) is 0 Å². The first-order chi connectivity index (χ1) is 9.36. The van der Waals surface area contributed by atoms with E-state index in [4.69, 9.17) is 0 Å². The van der Waals surface area contributed by atoms with Crippen molar-refractivity contribution in [2.75, 3.05) is 12.8 Å². The van der Waals surface area contributed by atoms with Gasteiger partial charge in [0.25, 0.3) is 0 Å². The van der Waals surface area contributed by atoms with Crippen molar-refractivity contribution in [1.82, 2.24) is 15.3 Å². The molecule has 7 heteroatoms. The van der Waals surface area contributed by atoms with E-state index in [1.54, 1.807) is 14.0 Å². The topological polar surface area (TPSA) is 92.2 Å². The number of hydrogen-bond donors (Lipinski definition) is 2. The van der Waals surface area contributed by atoms with Gasteiger partial charge in [-0.1, -0.05) is 13.8 Å². The Labute approximate surface area is 122 Å². The van der Waals surface area contributed by atoms with Gasteiger partial charge in [-0.05, 0) is 6.92 Å². The maximum atomic E-state index is 11.3. The maximum absolute atomic E-state index is 11.3. The van der Waals surface area contributed by atoms with Crippen LogP contribution < -0.4 is 5.32 Å². The predicted molar refractivity (Wildman–Crippen MR) is 77.2 cm³/mol. The summed E-state index contributed by atoms with van der Waals surface area (Å²) in [6.07, 6.45) is 0.320. The molecule has 0 bridgehead atoms. The molecule has 0 radical (unpaired) electrons. The third-order valence-electron chi connectivity index (χ3n) is 2.65. The van der Waals surface area contributed by atoms with E-state index in [1.165, 1.54) is 11.8 Å². The van der Waals surface area contributed by atoms with E-state index in [0.717, 1.165) is 0 Å². The Morgan fingerprint density at radius 2 is 2.00 bits per heavy atom. The highest BCUT2D eigenvalue weighted by molar-refractivity contribution is 7.99. The summed E-state index contributed by atoms with van der Waals surface area (Å²) in [6.45, 7) is 5.57. The number of nitrogens with one attached hydrogen (secondary N) is 1. The van der Waals surface area contributed by atoms with Crippen LogP contribution in [0.25, 0.3) is 0 Å². The minimum atomic E-state index is -1.04. The van der Waals surface area contributed by atoms with E-state index >= 15 is 0 Å². The lowest BCUT2D eigenvalue weighted by molar-refractivity contribution is -0.120. The Morgan fingerprint density at radius 1 is 1.35 bits per heavy atom. The van der Waals surface area contributed by atoms with Gasteiger partial charge in [0, 0.05) is 25.1 Å². The van der Waals surface area contributed by atoms with Gasteiger partial charge in [0.15, 0.2) is 0 Å². The number of amides is 1. The van der Waals surface area contributed by atoms with Crippen LogP contribution in [0.2, 0.25) is 0 Å². The standard InChI is InChI=1S/C13H19N3O3S/c1-7(2)11-15-8(3)10(13(18)19)12(16-11)20-6-5-9(17)14-4/h7H,5-6H2,1-4H3,(H,14,17)(H,18,19). The van der Waals surface area contributed by atoms with Crippen LogP contribution in [0.15, 0.2) is 5.03 Å². The summed E-state index contributed by atoms with van der Waals surface area (Å²) >= 11 is 1.27. The van der Waals surface area contributed by atoms with Crippen molar-refractivity contribution in [2.45, 2.75) is 38.1 Å². The molecule has 0 aliphatic carbocycles. The molecule has 0 fully saturated rings. The molecule has 1 rings (SSSR count). The number of thioether (sulfide) groups is 1. The highest BCUT2D eigenvalue weighted by Gasteiger charge is 2.19. The van der Waals surface area contributed by atoms with Crippen molar-refractivity contribution in [3.05, 3.63) is 17.1 Å². The summed E-state index contributed by atoms with van der Waals surface area (Å²) in [7, 11) is 1.57. The second-order valence-corrected chi connectivity index (χ2v) is 5.66. The van der Waals surface area contributed by atoms with E-state index in [2.05, 4.69) is 15.3 Å². The second kappa shape index (κ2) is 7.23. The Bertz CT molecular complexity index is 518. The highest BCUT2D eigenvalue weighted by Crippen LogP contribution is 2.25. The molecule has 0 saturated carbocycles. The fourth-order valence-corrected chi connectivity index (χ4v) is 2.56. The summed E-state index contributed by atoms with van der Waals surface area (Å²) in [5, 5.41) is 12.2. The third kappa shape index (κ3) is 4.19. The molecule has 20 heavy (non-hydrogen) atoms. The molecule has 110 valence electrons. The Kier molecular flexibility index (Phi) is 5.94. The smallest absolute Gasteiger partial charge is 0.340 e. The summed E-state index contributed by atoms with van der Waals surface area (Å²) in [5.41, 5.74) is 0.579. The van der Waals surface area contributed by atoms with Gasteiger partial charge in [0.05, 0.1) is 5.69 Å². The summed E-state index contributed by atoms with van der Waals surface area (Å²) in [4.78, 5) is 31.0. The number of hydrogen-bond acceptors (Lipinski definition) is 5. The average Bonchev–Trinajstić information content (AvgIpc) is 2.37. The molecule has 0 aliphatic rings. The highest BCUT2D eigenvalue weighted by atomic mass is 32.2. The van der Waals surface area contributed by atoms with Gasteiger partial charge in [0.2, 0.25) is 5.91 Å². The minimum absolute atomic E-state index is 0.0794. The number of rotatable bonds is 6. The zero-order valence-electron chi connectivity index (χ0n) is 12.1. The third-order valence-corrected chi connectivity index (χ3v) is 3.63. The molecule has 1 aromatic heterocycles. The lowest BCUT2D eigenvalue weighted by atomic mass is 10.2. The van der Waals surface area contributed by atoms with Gasteiger partial charge >= 0.3 is 5.97 Å². The number of aromatic nitrogens is 2. The Balaban J connectivity index is 3.01. The first kappa shape index (κ1) is 16.4. The number of carbonyl (C=O) groups excluding carboxylic acids is 1. The van der Waals surface area contributed by atoms with Crippen molar-refractivity contribution < 1.29 is 14.7 Å². The molecule has 1 heterocycles. The molecule has 2 N–H and O–H groups in total. The predicted octanol–water partition coefficient (Wildman–Crippen LogP) is 1.83. The van der Waals surface area contributed by atoms with Crippen LogP contribution in [-0.4, -0.2) is 39.8 Å². The number of carbonyl (C=O) groups is 2. The van der Waals surface area contributed by atoms with E-state index in [9.17, 15) is 14.7 Å². The van der Waals surface area contributed by atoms with Crippen LogP contribution in [0.5, 0.6) is 0 Å². The summed E-state index contributed by atoms with van der Waals surface area (Å²) in [6, 6.07) is 0. The molecule has 0 aliphatic heterocycles. The summed E-state index contributed by atoms with van der Waals surface area (Å²) in [5.74, 6) is 0.0998. The first-order valence-corrected chi connectivity index (χ1v) is 7.30. The zero-order chi connectivity index (χ0) is 15.3. The van der Waals surface area contributed by atoms with Crippen LogP contribution in [-0.2, 0) is 4.79 Å². The number of aromatic carboxylic acids is 1. The van der Waals surface area contributed by atoms with Gasteiger partial charge in [-0.15, -0.1) is 11.8 Å². The SMILES string of the molecule is CNC(=O)CCSc1nc(C(C)C)nc(C)c1C(=O)O. The first-order valence-electron chi connectivity index (χ1n) is 6.32.